The lowest BCUT2D eigenvalue weighted by Gasteiger charge is -2.33. The van der Waals surface area contributed by atoms with Gasteiger partial charge in [-0.15, -0.1) is 0 Å². The molecule has 1 N–H and O–H groups in total. The van der Waals surface area contributed by atoms with Crippen molar-refractivity contribution in [1.29, 1.82) is 0 Å². The van der Waals surface area contributed by atoms with Crippen molar-refractivity contribution in [3.8, 4) is 0 Å². The summed E-state index contributed by atoms with van der Waals surface area (Å²) in [6.07, 6.45) is 1.75. The van der Waals surface area contributed by atoms with E-state index in [4.69, 9.17) is 4.74 Å². The molecule has 0 aromatic rings. The average molecular weight is 230 g/mol. The third kappa shape index (κ3) is 4.49. The molecule has 0 aliphatic rings. The van der Waals surface area contributed by atoms with Crippen LogP contribution in [-0.4, -0.2) is 50.2 Å². The summed E-state index contributed by atoms with van der Waals surface area (Å²) < 4.78 is 4.87. The second-order valence-electron chi connectivity index (χ2n) is 4.77. The van der Waals surface area contributed by atoms with Crippen LogP contribution in [0.4, 0.5) is 0 Å². The summed E-state index contributed by atoms with van der Waals surface area (Å²) in [7, 11) is 5.47. The van der Waals surface area contributed by atoms with E-state index in [0.717, 1.165) is 19.4 Å². The quantitative estimate of drug-likeness (QED) is 0.669. The number of nitrogens with one attached hydrogen (secondary N) is 1. The number of esters is 1. The molecule has 2 atom stereocenters. The van der Waals surface area contributed by atoms with Crippen LogP contribution >= 0.6 is 0 Å². The Morgan fingerprint density at radius 1 is 1.50 bits per heavy atom. The monoisotopic (exact) mass is 230 g/mol. The summed E-state index contributed by atoms with van der Waals surface area (Å²) >= 11 is 0. The SMILES string of the molecule is CCCNC(C)(CC(C)N(C)C)C(=O)OC. The van der Waals surface area contributed by atoms with Crippen LogP contribution in [-0.2, 0) is 9.53 Å². The van der Waals surface area contributed by atoms with Gasteiger partial charge in [0.2, 0.25) is 0 Å². The van der Waals surface area contributed by atoms with Crippen molar-refractivity contribution >= 4 is 5.97 Å². The maximum atomic E-state index is 11.8. The van der Waals surface area contributed by atoms with Crippen LogP contribution in [0.15, 0.2) is 0 Å². The largest absolute Gasteiger partial charge is 0.468 e. The molecule has 0 spiro atoms. The highest BCUT2D eigenvalue weighted by atomic mass is 16.5. The molecule has 0 radical (unpaired) electrons. The molecule has 0 saturated carbocycles. The van der Waals surface area contributed by atoms with E-state index in [1.54, 1.807) is 0 Å². The number of rotatable bonds is 7. The summed E-state index contributed by atoms with van der Waals surface area (Å²) in [5.74, 6) is -0.186. The van der Waals surface area contributed by atoms with Crippen molar-refractivity contribution in [2.24, 2.45) is 0 Å². The number of methoxy groups -OCH3 is 1. The first-order valence-corrected chi connectivity index (χ1v) is 5.87. The van der Waals surface area contributed by atoms with Gasteiger partial charge in [-0.05, 0) is 47.3 Å². The fraction of sp³-hybridized carbons (Fsp3) is 0.917. The summed E-state index contributed by atoms with van der Waals surface area (Å²) in [5, 5.41) is 3.28. The van der Waals surface area contributed by atoms with Gasteiger partial charge in [0.1, 0.15) is 5.54 Å². The molecule has 0 fully saturated rings. The zero-order chi connectivity index (χ0) is 12.8. The number of carbonyl (C=O) groups is 1. The first-order chi connectivity index (χ1) is 7.37. The molecular formula is C12H26N2O2. The van der Waals surface area contributed by atoms with Gasteiger partial charge in [-0.2, -0.15) is 0 Å². The van der Waals surface area contributed by atoms with Crippen LogP contribution in [0, 0.1) is 0 Å². The second kappa shape index (κ2) is 6.86. The van der Waals surface area contributed by atoms with E-state index in [-0.39, 0.29) is 5.97 Å². The molecule has 4 heteroatoms. The van der Waals surface area contributed by atoms with Crippen LogP contribution in [0.1, 0.15) is 33.6 Å². The lowest BCUT2D eigenvalue weighted by molar-refractivity contribution is -0.148. The van der Waals surface area contributed by atoms with Gasteiger partial charge in [0.25, 0.3) is 0 Å². The Bertz CT molecular complexity index is 219. The Balaban J connectivity index is 4.58. The Hall–Kier alpha value is -0.610. The number of hydrogen-bond acceptors (Lipinski definition) is 4. The van der Waals surface area contributed by atoms with Gasteiger partial charge < -0.3 is 15.0 Å². The fourth-order valence-electron chi connectivity index (χ4n) is 1.63. The van der Waals surface area contributed by atoms with Gasteiger partial charge >= 0.3 is 5.97 Å². The topological polar surface area (TPSA) is 41.6 Å². The molecule has 0 heterocycles. The van der Waals surface area contributed by atoms with Gasteiger partial charge in [0.15, 0.2) is 0 Å². The Kier molecular flexibility index (Phi) is 6.60. The van der Waals surface area contributed by atoms with Crippen LogP contribution in [0.3, 0.4) is 0 Å². The third-order valence-electron chi connectivity index (χ3n) is 2.99. The maximum Gasteiger partial charge on any atom is 0.325 e. The Morgan fingerprint density at radius 3 is 2.44 bits per heavy atom. The average Bonchev–Trinajstić information content (AvgIpc) is 2.24. The standard InChI is InChI=1S/C12H26N2O2/c1-7-8-13-12(3,11(15)16-6)9-10(2)14(4)5/h10,13H,7-9H2,1-6H3. The normalized spacial score (nSPS) is 16.9. The minimum absolute atomic E-state index is 0.186. The smallest absolute Gasteiger partial charge is 0.325 e. The number of ether oxygens (including phenoxy) is 1. The van der Waals surface area contributed by atoms with Gasteiger partial charge in [-0.3, -0.25) is 4.79 Å². The molecule has 0 aliphatic heterocycles. The maximum absolute atomic E-state index is 11.8. The zero-order valence-corrected chi connectivity index (χ0v) is 11.5. The molecule has 16 heavy (non-hydrogen) atoms. The van der Waals surface area contributed by atoms with E-state index in [9.17, 15) is 4.79 Å². The second-order valence-corrected chi connectivity index (χ2v) is 4.77. The fourth-order valence-corrected chi connectivity index (χ4v) is 1.63. The van der Waals surface area contributed by atoms with Crippen molar-refractivity contribution in [2.45, 2.75) is 45.2 Å². The van der Waals surface area contributed by atoms with Crippen molar-refractivity contribution in [2.75, 3.05) is 27.7 Å². The van der Waals surface area contributed by atoms with E-state index in [0.29, 0.717) is 6.04 Å². The number of nitrogens with zero attached hydrogens (tertiary/aromatic N) is 1. The van der Waals surface area contributed by atoms with Crippen LogP contribution in [0.25, 0.3) is 0 Å². The number of hydrogen-bond donors (Lipinski definition) is 1. The van der Waals surface area contributed by atoms with Gasteiger partial charge in [0, 0.05) is 6.04 Å². The molecule has 96 valence electrons. The van der Waals surface area contributed by atoms with Gasteiger partial charge in [-0.25, -0.2) is 0 Å². The van der Waals surface area contributed by atoms with Crippen LogP contribution in [0.2, 0.25) is 0 Å². The minimum atomic E-state index is -0.589. The molecule has 0 amide bonds. The summed E-state index contributed by atoms with van der Waals surface area (Å²) in [4.78, 5) is 13.9. The van der Waals surface area contributed by atoms with Crippen molar-refractivity contribution in [3.05, 3.63) is 0 Å². The van der Waals surface area contributed by atoms with E-state index in [1.165, 1.54) is 7.11 Å². The minimum Gasteiger partial charge on any atom is -0.468 e. The molecule has 0 bridgehead atoms. The highest BCUT2D eigenvalue weighted by molar-refractivity contribution is 5.80. The Morgan fingerprint density at radius 2 is 2.06 bits per heavy atom. The molecule has 2 unspecified atom stereocenters. The molecule has 0 rings (SSSR count). The predicted octanol–water partition coefficient (Wildman–Crippen LogP) is 1.26. The summed E-state index contributed by atoms with van der Waals surface area (Å²) in [6, 6.07) is 0.327. The van der Waals surface area contributed by atoms with E-state index < -0.39 is 5.54 Å². The zero-order valence-electron chi connectivity index (χ0n) is 11.5. The van der Waals surface area contributed by atoms with Gasteiger partial charge in [-0.1, -0.05) is 6.92 Å². The molecule has 0 aromatic carbocycles. The third-order valence-corrected chi connectivity index (χ3v) is 2.99. The van der Waals surface area contributed by atoms with Crippen molar-refractivity contribution in [1.82, 2.24) is 10.2 Å². The summed E-state index contributed by atoms with van der Waals surface area (Å²) in [6.45, 7) is 6.93. The highest BCUT2D eigenvalue weighted by Gasteiger charge is 2.35. The first-order valence-electron chi connectivity index (χ1n) is 5.87. The molecule has 0 aromatic heterocycles. The van der Waals surface area contributed by atoms with E-state index >= 15 is 0 Å². The molecule has 4 nitrogen and oxygen atoms in total. The lowest BCUT2D eigenvalue weighted by Crippen LogP contribution is -2.53. The highest BCUT2D eigenvalue weighted by Crippen LogP contribution is 2.16. The van der Waals surface area contributed by atoms with Crippen LogP contribution < -0.4 is 5.32 Å². The van der Waals surface area contributed by atoms with Crippen molar-refractivity contribution < 1.29 is 9.53 Å². The summed E-state index contributed by atoms with van der Waals surface area (Å²) in [5.41, 5.74) is -0.589. The molecule has 0 aliphatic carbocycles. The number of carbonyl (C=O) groups excluding carboxylic acids is 1. The van der Waals surface area contributed by atoms with Crippen LogP contribution in [0.5, 0.6) is 0 Å². The Labute approximate surface area is 99.3 Å². The molecular weight excluding hydrogens is 204 g/mol. The van der Waals surface area contributed by atoms with Crippen molar-refractivity contribution in [3.63, 3.8) is 0 Å². The van der Waals surface area contributed by atoms with E-state index in [2.05, 4.69) is 24.1 Å². The lowest BCUT2D eigenvalue weighted by atomic mass is 9.93. The van der Waals surface area contributed by atoms with E-state index in [1.807, 2.05) is 21.0 Å². The molecule has 0 saturated heterocycles. The van der Waals surface area contributed by atoms with Gasteiger partial charge in [0.05, 0.1) is 7.11 Å². The first kappa shape index (κ1) is 15.4. The predicted molar refractivity (Wildman–Crippen MR) is 66.5 cm³/mol.